The van der Waals surface area contributed by atoms with Crippen molar-refractivity contribution in [2.24, 2.45) is 0 Å². The number of benzene rings is 1. The zero-order valence-electron chi connectivity index (χ0n) is 11.2. The molecule has 2 N–H and O–H groups in total. The van der Waals surface area contributed by atoms with Gasteiger partial charge in [0.1, 0.15) is 5.60 Å². The molecular formula is C14H18ClN3O2. The monoisotopic (exact) mass is 295 g/mol. The first kappa shape index (κ1) is 13.7. The number of carbonyl (C=O) groups excluding carboxylic acids is 1. The van der Waals surface area contributed by atoms with Gasteiger partial charge in [-0.15, -0.1) is 0 Å². The number of amides is 2. The van der Waals surface area contributed by atoms with Crippen molar-refractivity contribution in [1.29, 1.82) is 0 Å². The van der Waals surface area contributed by atoms with E-state index >= 15 is 0 Å². The lowest BCUT2D eigenvalue weighted by molar-refractivity contribution is -0.125. The Bertz CT molecular complexity index is 505. The highest BCUT2D eigenvalue weighted by Crippen LogP contribution is 2.22. The molecule has 1 aromatic carbocycles. The van der Waals surface area contributed by atoms with E-state index in [0.717, 1.165) is 18.7 Å². The van der Waals surface area contributed by atoms with Gasteiger partial charge in [0, 0.05) is 31.2 Å². The number of nitrogens with one attached hydrogen (secondary N) is 2. The molecule has 1 aromatic rings. The van der Waals surface area contributed by atoms with Gasteiger partial charge in [0.25, 0.3) is 0 Å². The van der Waals surface area contributed by atoms with Crippen molar-refractivity contribution in [2.45, 2.75) is 12.1 Å². The van der Waals surface area contributed by atoms with E-state index in [0.29, 0.717) is 31.3 Å². The molecule has 1 spiro atoms. The molecule has 0 bridgehead atoms. The molecule has 2 heterocycles. The number of rotatable bonds is 2. The van der Waals surface area contributed by atoms with Crippen LogP contribution < -0.4 is 10.6 Å². The number of ether oxygens (including phenoxy) is 1. The van der Waals surface area contributed by atoms with E-state index in [1.807, 2.05) is 29.2 Å². The van der Waals surface area contributed by atoms with Gasteiger partial charge < -0.3 is 20.3 Å². The fourth-order valence-corrected chi connectivity index (χ4v) is 2.79. The van der Waals surface area contributed by atoms with Crippen molar-refractivity contribution in [2.75, 3.05) is 32.8 Å². The molecule has 0 saturated carbocycles. The van der Waals surface area contributed by atoms with Crippen LogP contribution in [0.3, 0.4) is 0 Å². The van der Waals surface area contributed by atoms with Crippen molar-refractivity contribution in [3.63, 3.8) is 0 Å². The van der Waals surface area contributed by atoms with Gasteiger partial charge in [-0.1, -0.05) is 23.7 Å². The van der Waals surface area contributed by atoms with Gasteiger partial charge in [0.2, 0.25) is 0 Å². The Morgan fingerprint density at radius 1 is 1.50 bits per heavy atom. The standard InChI is InChI=1S/C14H18ClN3O2/c15-12-3-1-2-11(6-12)7-17-13(19)18-4-5-20-14(10-18)8-16-9-14/h1-3,6,16H,4-5,7-10H2,(H,17,19). The van der Waals surface area contributed by atoms with E-state index in [1.165, 1.54) is 0 Å². The fraction of sp³-hybridized carbons (Fsp3) is 0.500. The van der Waals surface area contributed by atoms with Gasteiger partial charge in [-0.05, 0) is 17.7 Å². The van der Waals surface area contributed by atoms with E-state index in [9.17, 15) is 4.79 Å². The fourth-order valence-electron chi connectivity index (χ4n) is 2.57. The molecule has 2 aliphatic heterocycles. The Labute approximate surface area is 123 Å². The van der Waals surface area contributed by atoms with Crippen molar-refractivity contribution in [3.8, 4) is 0 Å². The Morgan fingerprint density at radius 3 is 3.05 bits per heavy atom. The van der Waals surface area contributed by atoms with E-state index in [-0.39, 0.29) is 11.6 Å². The minimum Gasteiger partial charge on any atom is -0.369 e. The summed E-state index contributed by atoms with van der Waals surface area (Å²) < 4.78 is 5.76. The average Bonchev–Trinajstić information content (AvgIpc) is 2.43. The molecule has 108 valence electrons. The molecule has 0 aromatic heterocycles. The summed E-state index contributed by atoms with van der Waals surface area (Å²) in [5.74, 6) is 0. The number of hydrogen-bond donors (Lipinski definition) is 2. The third kappa shape index (κ3) is 2.90. The summed E-state index contributed by atoms with van der Waals surface area (Å²) >= 11 is 5.93. The van der Waals surface area contributed by atoms with Gasteiger partial charge in [-0.3, -0.25) is 0 Å². The van der Waals surface area contributed by atoms with E-state index in [1.54, 1.807) is 0 Å². The molecule has 5 nitrogen and oxygen atoms in total. The number of halogens is 1. The first-order valence-corrected chi connectivity index (χ1v) is 7.17. The zero-order chi connectivity index (χ0) is 14.0. The first-order chi connectivity index (χ1) is 9.67. The summed E-state index contributed by atoms with van der Waals surface area (Å²) in [5.41, 5.74) is 0.838. The van der Waals surface area contributed by atoms with Crippen molar-refractivity contribution in [1.82, 2.24) is 15.5 Å². The quantitative estimate of drug-likeness (QED) is 0.863. The lowest BCUT2D eigenvalue weighted by Crippen LogP contribution is -2.69. The van der Waals surface area contributed by atoms with Crippen LogP contribution in [0.1, 0.15) is 5.56 Å². The topological polar surface area (TPSA) is 53.6 Å². The van der Waals surface area contributed by atoms with Crippen LogP contribution in [0.25, 0.3) is 0 Å². The molecule has 2 fully saturated rings. The number of carbonyl (C=O) groups is 1. The van der Waals surface area contributed by atoms with Gasteiger partial charge >= 0.3 is 6.03 Å². The SMILES string of the molecule is O=C(NCc1cccc(Cl)c1)N1CCOC2(CNC2)C1. The Kier molecular flexibility index (Phi) is 3.83. The Balaban J connectivity index is 1.54. The van der Waals surface area contributed by atoms with Crippen LogP contribution in [-0.2, 0) is 11.3 Å². The second-order valence-corrected chi connectivity index (χ2v) is 5.78. The average molecular weight is 296 g/mol. The van der Waals surface area contributed by atoms with Crippen molar-refractivity contribution < 1.29 is 9.53 Å². The van der Waals surface area contributed by atoms with Crippen LogP contribution >= 0.6 is 11.6 Å². The van der Waals surface area contributed by atoms with Crippen LogP contribution in [0, 0.1) is 0 Å². The van der Waals surface area contributed by atoms with E-state index in [2.05, 4.69) is 10.6 Å². The lowest BCUT2D eigenvalue weighted by Gasteiger charge is -2.48. The lowest BCUT2D eigenvalue weighted by atomic mass is 9.95. The zero-order valence-corrected chi connectivity index (χ0v) is 11.9. The van der Waals surface area contributed by atoms with Crippen LogP contribution in [0.15, 0.2) is 24.3 Å². The Hall–Kier alpha value is -1.30. The number of hydrogen-bond acceptors (Lipinski definition) is 3. The second kappa shape index (κ2) is 5.60. The summed E-state index contributed by atoms with van der Waals surface area (Å²) in [5, 5.41) is 6.81. The molecule has 2 aliphatic rings. The predicted molar refractivity (Wildman–Crippen MR) is 76.8 cm³/mol. The molecule has 20 heavy (non-hydrogen) atoms. The number of urea groups is 1. The van der Waals surface area contributed by atoms with Crippen LogP contribution in [0.4, 0.5) is 4.79 Å². The maximum atomic E-state index is 12.2. The van der Waals surface area contributed by atoms with Gasteiger partial charge in [-0.2, -0.15) is 0 Å². The minimum absolute atomic E-state index is 0.0421. The number of morpholine rings is 1. The van der Waals surface area contributed by atoms with Crippen molar-refractivity contribution >= 4 is 17.6 Å². The summed E-state index contributed by atoms with van der Waals surface area (Å²) in [6.45, 7) is 4.04. The first-order valence-electron chi connectivity index (χ1n) is 6.79. The van der Waals surface area contributed by atoms with E-state index in [4.69, 9.17) is 16.3 Å². The molecule has 0 aliphatic carbocycles. The minimum atomic E-state index is -0.161. The summed E-state index contributed by atoms with van der Waals surface area (Å²) in [6, 6.07) is 7.47. The molecule has 2 amide bonds. The summed E-state index contributed by atoms with van der Waals surface area (Å²) in [7, 11) is 0. The maximum Gasteiger partial charge on any atom is 0.317 e. The van der Waals surface area contributed by atoms with Crippen LogP contribution in [0.2, 0.25) is 5.02 Å². The van der Waals surface area contributed by atoms with Crippen LogP contribution in [-0.4, -0.2) is 49.3 Å². The third-order valence-electron chi connectivity index (χ3n) is 3.76. The number of nitrogens with zero attached hydrogens (tertiary/aromatic N) is 1. The molecule has 2 saturated heterocycles. The van der Waals surface area contributed by atoms with Gasteiger partial charge in [-0.25, -0.2) is 4.79 Å². The molecule has 0 atom stereocenters. The summed E-state index contributed by atoms with van der Waals surface area (Å²) in [4.78, 5) is 14.0. The van der Waals surface area contributed by atoms with Gasteiger partial charge in [0.15, 0.2) is 0 Å². The van der Waals surface area contributed by atoms with Crippen molar-refractivity contribution in [3.05, 3.63) is 34.9 Å². The highest BCUT2D eigenvalue weighted by molar-refractivity contribution is 6.30. The van der Waals surface area contributed by atoms with Crippen LogP contribution in [0.5, 0.6) is 0 Å². The summed E-state index contributed by atoms with van der Waals surface area (Å²) in [6.07, 6.45) is 0. The third-order valence-corrected chi connectivity index (χ3v) is 4.00. The molecule has 3 rings (SSSR count). The molecular weight excluding hydrogens is 278 g/mol. The molecule has 6 heteroatoms. The highest BCUT2D eigenvalue weighted by Gasteiger charge is 2.43. The Morgan fingerprint density at radius 2 is 2.35 bits per heavy atom. The molecule has 0 unspecified atom stereocenters. The highest BCUT2D eigenvalue weighted by atomic mass is 35.5. The smallest absolute Gasteiger partial charge is 0.317 e. The predicted octanol–water partition coefficient (Wildman–Crippen LogP) is 1.22. The maximum absolute atomic E-state index is 12.2. The van der Waals surface area contributed by atoms with E-state index < -0.39 is 0 Å². The van der Waals surface area contributed by atoms with Gasteiger partial charge in [0.05, 0.1) is 13.2 Å². The normalized spacial score (nSPS) is 20.6. The largest absolute Gasteiger partial charge is 0.369 e. The molecule has 0 radical (unpaired) electrons. The second-order valence-electron chi connectivity index (χ2n) is 5.35.